The van der Waals surface area contributed by atoms with E-state index >= 15 is 0 Å². The third-order valence-electron chi connectivity index (χ3n) is 3.00. The summed E-state index contributed by atoms with van der Waals surface area (Å²) in [7, 11) is 0. The normalized spacial score (nSPS) is 21.9. The van der Waals surface area contributed by atoms with Crippen LogP contribution in [0.25, 0.3) is 0 Å². The smallest absolute Gasteiger partial charge is 0.304 e. The van der Waals surface area contributed by atoms with Crippen LogP contribution in [0.1, 0.15) is 30.7 Å². The second-order valence-corrected chi connectivity index (χ2v) is 5.58. The monoisotopic (exact) mass is 272 g/mol. The Morgan fingerprint density at radius 2 is 2.39 bits per heavy atom. The first-order valence-electron chi connectivity index (χ1n) is 5.88. The highest BCUT2D eigenvalue weighted by Gasteiger charge is 2.28. The van der Waals surface area contributed by atoms with Crippen molar-refractivity contribution in [3.8, 4) is 0 Å². The highest BCUT2D eigenvalue weighted by Crippen LogP contribution is 2.41. The summed E-state index contributed by atoms with van der Waals surface area (Å²) in [6.07, 6.45) is 0.409. The van der Waals surface area contributed by atoms with E-state index in [2.05, 4.69) is 0 Å². The Morgan fingerprint density at radius 1 is 1.67 bits per heavy atom. The molecule has 1 saturated heterocycles. The Labute approximate surface area is 109 Å². The number of anilines is 1. The zero-order chi connectivity index (χ0) is 13.3. The van der Waals surface area contributed by atoms with Gasteiger partial charge < -0.3 is 15.1 Å². The Hall–Kier alpha value is -1.18. The molecule has 18 heavy (non-hydrogen) atoms. The van der Waals surface area contributed by atoms with Crippen LogP contribution in [0, 0.1) is 10.1 Å². The molecule has 0 aromatic carbocycles. The van der Waals surface area contributed by atoms with Crippen LogP contribution in [0.2, 0.25) is 0 Å². The minimum atomic E-state index is -0.711. The fourth-order valence-corrected chi connectivity index (χ4v) is 3.19. The summed E-state index contributed by atoms with van der Waals surface area (Å²) in [5.74, 6) is 0. The average molecular weight is 272 g/mol. The van der Waals surface area contributed by atoms with E-state index in [0.717, 1.165) is 12.8 Å². The lowest BCUT2D eigenvalue weighted by molar-refractivity contribution is -0.383. The summed E-state index contributed by atoms with van der Waals surface area (Å²) in [5, 5.41) is 30.7. The van der Waals surface area contributed by atoms with Crippen LogP contribution >= 0.6 is 11.3 Å². The average Bonchev–Trinajstić information content (AvgIpc) is 2.73. The SMILES string of the molecule is C[C@H](O)c1cc([N+](=O)[O-])c(N2CCCC(O)C2)s1. The van der Waals surface area contributed by atoms with E-state index in [9.17, 15) is 20.3 Å². The van der Waals surface area contributed by atoms with Gasteiger partial charge in [0.25, 0.3) is 0 Å². The number of rotatable bonds is 3. The summed E-state index contributed by atoms with van der Waals surface area (Å²) in [6.45, 7) is 2.71. The quantitative estimate of drug-likeness (QED) is 0.645. The van der Waals surface area contributed by atoms with E-state index in [1.165, 1.54) is 17.4 Å². The van der Waals surface area contributed by atoms with E-state index in [1.54, 1.807) is 6.92 Å². The first-order valence-corrected chi connectivity index (χ1v) is 6.70. The molecule has 2 atom stereocenters. The van der Waals surface area contributed by atoms with Gasteiger partial charge in [-0.1, -0.05) is 0 Å². The van der Waals surface area contributed by atoms with Gasteiger partial charge in [0.05, 0.1) is 17.1 Å². The first kappa shape index (κ1) is 13.3. The lowest BCUT2D eigenvalue weighted by Gasteiger charge is -2.30. The topological polar surface area (TPSA) is 86.8 Å². The Bertz CT molecular complexity index is 446. The van der Waals surface area contributed by atoms with E-state index in [-0.39, 0.29) is 5.69 Å². The van der Waals surface area contributed by atoms with Gasteiger partial charge in [0.1, 0.15) is 0 Å². The Kier molecular flexibility index (Phi) is 3.84. The molecule has 0 spiro atoms. The van der Waals surface area contributed by atoms with Crippen molar-refractivity contribution < 1.29 is 15.1 Å². The van der Waals surface area contributed by atoms with Crippen molar-refractivity contribution in [3.63, 3.8) is 0 Å². The van der Waals surface area contributed by atoms with E-state index in [4.69, 9.17) is 0 Å². The van der Waals surface area contributed by atoms with Crippen LogP contribution in [0.4, 0.5) is 10.7 Å². The minimum absolute atomic E-state index is 0.0185. The summed E-state index contributed by atoms with van der Waals surface area (Å²) in [6, 6.07) is 1.42. The number of nitro groups is 1. The van der Waals surface area contributed by atoms with Crippen molar-refractivity contribution in [1.29, 1.82) is 0 Å². The minimum Gasteiger partial charge on any atom is -0.391 e. The van der Waals surface area contributed by atoms with Gasteiger partial charge in [-0.05, 0) is 19.8 Å². The van der Waals surface area contributed by atoms with Crippen molar-refractivity contribution in [3.05, 3.63) is 21.1 Å². The molecule has 1 fully saturated rings. The molecule has 0 saturated carbocycles. The number of piperidine rings is 1. The molecule has 1 unspecified atom stereocenters. The largest absolute Gasteiger partial charge is 0.391 e. The fraction of sp³-hybridized carbons (Fsp3) is 0.636. The molecule has 6 nitrogen and oxygen atoms in total. The number of hydrogen-bond donors (Lipinski definition) is 2. The first-order chi connectivity index (χ1) is 8.49. The third-order valence-corrected chi connectivity index (χ3v) is 4.36. The maximum Gasteiger partial charge on any atom is 0.304 e. The zero-order valence-corrected chi connectivity index (χ0v) is 10.9. The van der Waals surface area contributed by atoms with Crippen LogP contribution in [-0.4, -0.2) is 34.3 Å². The molecule has 0 amide bonds. The molecule has 0 aliphatic carbocycles. The Morgan fingerprint density at radius 3 is 2.94 bits per heavy atom. The molecule has 7 heteroatoms. The molecule has 0 radical (unpaired) electrons. The summed E-state index contributed by atoms with van der Waals surface area (Å²) in [4.78, 5) is 13.0. The van der Waals surface area contributed by atoms with Crippen molar-refractivity contribution in [2.75, 3.05) is 18.0 Å². The number of β-amino-alcohol motifs (C(OH)–C–C–N with tert-alkyl or cyclic N) is 1. The third kappa shape index (κ3) is 2.63. The lowest BCUT2D eigenvalue weighted by Crippen LogP contribution is -2.38. The van der Waals surface area contributed by atoms with E-state index in [1.807, 2.05) is 4.90 Å². The van der Waals surface area contributed by atoms with Crippen LogP contribution in [0.15, 0.2) is 6.07 Å². The number of hydrogen-bond acceptors (Lipinski definition) is 6. The zero-order valence-electron chi connectivity index (χ0n) is 10.1. The second kappa shape index (κ2) is 5.21. The molecule has 1 aromatic heterocycles. The molecule has 1 aliphatic rings. The van der Waals surface area contributed by atoms with Crippen LogP contribution < -0.4 is 4.90 Å². The van der Waals surface area contributed by atoms with Crippen molar-refractivity contribution in [1.82, 2.24) is 0 Å². The van der Waals surface area contributed by atoms with Crippen LogP contribution in [0.5, 0.6) is 0 Å². The van der Waals surface area contributed by atoms with Gasteiger partial charge in [0.2, 0.25) is 0 Å². The molecular weight excluding hydrogens is 256 g/mol. The van der Waals surface area contributed by atoms with Gasteiger partial charge in [0, 0.05) is 24.0 Å². The Balaban J connectivity index is 2.32. The second-order valence-electron chi connectivity index (χ2n) is 4.51. The van der Waals surface area contributed by atoms with E-state index < -0.39 is 17.1 Å². The number of aliphatic hydroxyl groups excluding tert-OH is 2. The highest BCUT2D eigenvalue weighted by molar-refractivity contribution is 7.16. The van der Waals surface area contributed by atoms with Crippen LogP contribution in [-0.2, 0) is 0 Å². The van der Waals surface area contributed by atoms with Crippen LogP contribution in [0.3, 0.4) is 0 Å². The maximum atomic E-state index is 11.0. The fourth-order valence-electron chi connectivity index (χ4n) is 2.09. The molecule has 1 aromatic rings. The molecule has 2 heterocycles. The van der Waals surface area contributed by atoms with Gasteiger partial charge >= 0.3 is 5.69 Å². The predicted molar refractivity (Wildman–Crippen MR) is 69.1 cm³/mol. The van der Waals surface area contributed by atoms with Crippen molar-refractivity contribution >= 4 is 22.0 Å². The van der Waals surface area contributed by atoms with Gasteiger partial charge in [0.15, 0.2) is 5.00 Å². The molecule has 2 rings (SSSR count). The number of aliphatic hydroxyl groups is 2. The standard InChI is InChI=1S/C11H16N2O4S/c1-7(14)10-5-9(13(16)17)11(18-10)12-4-2-3-8(15)6-12/h5,7-8,14-15H,2-4,6H2,1H3/t7-,8?/m0/s1. The van der Waals surface area contributed by atoms with Gasteiger partial charge in [-0.2, -0.15) is 0 Å². The molecule has 0 bridgehead atoms. The molecule has 2 N–H and O–H groups in total. The molecular formula is C11H16N2O4S. The van der Waals surface area contributed by atoms with Gasteiger partial charge in [-0.25, -0.2) is 0 Å². The van der Waals surface area contributed by atoms with Crippen molar-refractivity contribution in [2.45, 2.75) is 32.0 Å². The van der Waals surface area contributed by atoms with Gasteiger partial charge in [-0.15, -0.1) is 11.3 Å². The summed E-state index contributed by atoms with van der Waals surface area (Å²) >= 11 is 1.23. The maximum absolute atomic E-state index is 11.0. The number of nitrogens with zero attached hydrogens (tertiary/aromatic N) is 2. The summed E-state index contributed by atoms with van der Waals surface area (Å²) < 4.78 is 0. The van der Waals surface area contributed by atoms with Crippen molar-refractivity contribution in [2.24, 2.45) is 0 Å². The molecule has 100 valence electrons. The highest BCUT2D eigenvalue weighted by atomic mass is 32.1. The summed E-state index contributed by atoms with van der Waals surface area (Å²) in [5.41, 5.74) is 0.0185. The van der Waals surface area contributed by atoms with E-state index in [0.29, 0.717) is 23.0 Å². The van der Waals surface area contributed by atoms with Gasteiger partial charge in [-0.3, -0.25) is 10.1 Å². The predicted octanol–water partition coefficient (Wildman–Crippen LogP) is 1.67. The number of thiophene rings is 1. The molecule has 1 aliphatic heterocycles. The lowest BCUT2D eigenvalue weighted by atomic mass is 10.1.